The third-order valence-corrected chi connectivity index (χ3v) is 5.24. The predicted octanol–water partition coefficient (Wildman–Crippen LogP) is 1.59. The Hall–Kier alpha value is -1.16. The van der Waals surface area contributed by atoms with E-state index in [0.717, 1.165) is 19.3 Å². The number of rotatable bonds is 6. The average Bonchev–Trinajstić information content (AvgIpc) is 3.09. The summed E-state index contributed by atoms with van der Waals surface area (Å²) in [7, 11) is 0. The molecular weight excluding hydrogens is 254 g/mol. The van der Waals surface area contributed by atoms with Gasteiger partial charge in [-0.05, 0) is 37.0 Å². The van der Waals surface area contributed by atoms with E-state index in [0.29, 0.717) is 13.0 Å². The largest absolute Gasteiger partial charge is 0.396 e. The number of hydrogen-bond donors (Lipinski definition) is 1. The zero-order valence-electron chi connectivity index (χ0n) is 12.0. The zero-order chi connectivity index (χ0) is 14.3. The third kappa shape index (κ3) is 2.01. The lowest BCUT2D eigenvalue weighted by atomic mass is 9.85. The van der Waals surface area contributed by atoms with Gasteiger partial charge in [0.05, 0.1) is 11.8 Å². The summed E-state index contributed by atoms with van der Waals surface area (Å²) in [5, 5.41) is 9.13. The van der Waals surface area contributed by atoms with E-state index < -0.39 is 0 Å². The van der Waals surface area contributed by atoms with E-state index in [1.54, 1.807) is 0 Å². The second-order valence-corrected chi connectivity index (χ2v) is 6.45. The van der Waals surface area contributed by atoms with Gasteiger partial charge >= 0.3 is 0 Å². The number of amides is 2. The number of carbonyl (C=O) groups excluding carboxylic acids is 2. The number of likely N-dealkylation sites (tertiary alicyclic amines) is 1. The molecule has 1 saturated heterocycles. The Kier molecular flexibility index (Phi) is 3.67. The monoisotopic (exact) mass is 277 g/mol. The summed E-state index contributed by atoms with van der Waals surface area (Å²) in [5.41, 5.74) is 0. The highest BCUT2D eigenvalue weighted by Crippen LogP contribution is 2.52. The van der Waals surface area contributed by atoms with E-state index in [2.05, 4.69) is 19.1 Å². The predicted molar refractivity (Wildman–Crippen MR) is 74.5 cm³/mol. The second kappa shape index (κ2) is 5.32. The van der Waals surface area contributed by atoms with Crippen LogP contribution in [-0.2, 0) is 9.59 Å². The SMILES string of the molecule is CCCC(CCO)CN1C(=O)C2C3C=CC(C3)C2C1=O. The van der Waals surface area contributed by atoms with Gasteiger partial charge in [-0.25, -0.2) is 0 Å². The Bertz CT molecular complexity index is 409. The summed E-state index contributed by atoms with van der Waals surface area (Å²) in [6, 6.07) is 0. The van der Waals surface area contributed by atoms with E-state index in [9.17, 15) is 9.59 Å². The summed E-state index contributed by atoms with van der Waals surface area (Å²) in [5.74, 6) is 0.708. The molecule has 2 aliphatic carbocycles. The summed E-state index contributed by atoms with van der Waals surface area (Å²) in [6.07, 6.45) is 7.87. The Balaban J connectivity index is 1.72. The van der Waals surface area contributed by atoms with E-state index in [-0.39, 0.29) is 48.0 Å². The number of aliphatic hydroxyl groups excluding tert-OH is 1. The fourth-order valence-corrected chi connectivity index (χ4v) is 4.32. The molecule has 0 aromatic rings. The Morgan fingerprint density at radius 2 is 1.80 bits per heavy atom. The molecule has 3 aliphatic rings. The van der Waals surface area contributed by atoms with Crippen LogP contribution in [0.1, 0.15) is 32.6 Å². The third-order valence-electron chi connectivity index (χ3n) is 5.24. The molecule has 0 spiro atoms. The molecule has 1 N–H and O–H groups in total. The first-order chi connectivity index (χ1) is 9.67. The summed E-state index contributed by atoms with van der Waals surface area (Å²) < 4.78 is 0. The van der Waals surface area contributed by atoms with Gasteiger partial charge in [0.2, 0.25) is 11.8 Å². The van der Waals surface area contributed by atoms with Crippen LogP contribution in [0.5, 0.6) is 0 Å². The molecule has 4 nitrogen and oxygen atoms in total. The summed E-state index contributed by atoms with van der Waals surface area (Å²) in [6.45, 7) is 2.72. The fourth-order valence-electron chi connectivity index (χ4n) is 4.32. The molecule has 2 bridgehead atoms. The van der Waals surface area contributed by atoms with Crippen molar-refractivity contribution in [2.45, 2.75) is 32.6 Å². The summed E-state index contributed by atoms with van der Waals surface area (Å²) in [4.78, 5) is 26.6. The van der Waals surface area contributed by atoms with Crippen LogP contribution >= 0.6 is 0 Å². The van der Waals surface area contributed by atoms with Crippen molar-refractivity contribution >= 4 is 11.8 Å². The van der Waals surface area contributed by atoms with Gasteiger partial charge in [-0.3, -0.25) is 14.5 Å². The lowest BCUT2D eigenvalue weighted by molar-refractivity contribution is -0.141. The van der Waals surface area contributed by atoms with Crippen LogP contribution in [0, 0.1) is 29.6 Å². The number of hydrogen-bond acceptors (Lipinski definition) is 3. The van der Waals surface area contributed by atoms with E-state index in [1.807, 2.05) is 0 Å². The first-order valence-electron chi connectivity index (χ1n) is 7.81. The maximum Gasteiger partial charge on any atom is 0.233 e. The molecule has 5 unspecified atom stereocenters. The summed E-state index contributed by atoms with van der Waals surface area (Å²) >= 11 is 0. The number of allylic oxidation sites excluding steroid dienone is 2. The van der Waals surface area contributed by atoms with E-state index in [1.165, 1.54) is 4.90 Å². The van der Waals surface area contributed by atoms with Crippen molar-refractivity contribution in [1.82, 2.24) is 4.90 Å². The van der Waals surface area contributed by atoms with Gasteiger partial charge in [-0.15, -0.1) is 0 Å². The van der Waals surface area contributed by atoms with Gasteiger partial charge in [-0.2, -0.15) is 0 Å². The number of fused-ring (bicyclic) bond motifs is 5. The van der Waals surface area contributed by atoms with Gasteiger partial charge in [0.1, 0.15) is 0 Å². The van der Waals surface area contributed by atoms with E-state index >= 15 is 0 Å². The highest BCUT2D eigenvalue weighted by Gasteiger charge is 2.59. The normalized spacial score (nSPS) is 36.0. The molecule has 2 fully saturated rings. The molecule has 0 radical (unpaired) electrons. The average molecular weight is 277 g/mol. The van der Waals surface area contributed by atoms with Crippen LogP contribution < -0.4 is 0 Å². The molecular formula is C16H23NO3. The smallest absolute Gasteiger partial charge is 0.233 e. The zero-order valence-corrected chi connectivity index (χ0v) is 12.0. The minimum absolute atomic E-state index is 0.0379. The molecule has 2 amide bonds. The van der Waals surface area contributed by atoms with Crippen LogP contribution in [0.3, 0.4) is 0 Å². The van der Waals surface area contributed by atoms with Gasteiger partial charge in [0.15, 0.2) is 0 Å². The molecule has 1 aliphatic heterocycles. The number of aliphatic hydroxyl groups is 1. The molecule has 110 valence electrons. The van der Waals surface area contributed by atoms with Crippen LogP contribution in [0.25, 0.3) is 0 Å². The minimum Gasteiger partial charge on any atom is -0.396 e. The van der Waals surface area contributed by atoms with Gasteiger partial charge in [0.25, 0.3) is 0 Å². The number of nitrogens with zero attached hydrogens (tertiary/aromatic N) is 1. The lowest BCUT2D eigenvalue weighted by Gasteiger charge is -2.23. The quantitative estimate of drug-likeness (QED) is 0.592. The van der Waals surface area contributed by atoms with Crippen LogP contribution in [-0.4, -0.2) is 35.0 Å². The molecule has 0 aromatic heterocycles. The number of carbonyl (C=O) groups is 2. The van der Waals surface area contributed by atoms with Gasteiger partial charge in [-0.1, -0.05) is 25.5 Å². The first kappa shape index (κ1) is 13.8. The van der Waals surface area contributed by atoms with Crippen molar-refractivity contribution in [2.75, 3.05) is 13.2 Å². The Morgan fingerprint density at radius 1 is 1.20 bits per heavy atom. The maximum atomic E-state index is 12.5. The highest BCUT2D eigenvalue weighted by molar-refractivity contribution is 6.06. The van der Waals surface area contributed by atoms with Crippen molar-refractivity contribution in [3.63, 3.8) is 0 Å². The van der Waals surface area contributed by atoms with E-state index in [4.69, 9.17) is 5.11 Å². The van der Waals surface area contributed by atoms with Gasteiger partial charge in [0, 0.05) is 13.2 Å². The highest BCUT2D eigenvalue weighted by atomic mass is 16.3. The van der Waals surface area contributed by atoms with Crippen LogP contribution in [0.2, 0.25) is 0 Å². The molecule has 0 aromatic carbocycles. The molecule has 5 atom stereocenters. The van der Waals surface area contributed by atoms with Crippen molar-refractivity contribution in [1.29, 1.82) is 0 Å². The number of imide groups is 1. The van der Waals surface area contributed by atoms with Crippen molar-refractivity contribution in [3.8, 4) is 0 Å². The topological polar surface area (TPSA) is 57.6 Å². The maximum absolute atomic E-state index is 12.5. The molecule has 3 rings (SSSR count). The standard InChI is InChI=1S/C16H23NO3/c1-2-3-10(6-7-18)9-17-15(19)13-11-4-5-12(8-11)14(13)16(17)20/h4-5,10-14,18H,2-3,6-9H2,1H3. The lowest BCUT2D eigenvalue weighted by Crippen LogP contribution is -2.37. The van der Waals surface area contributed by atoms with Crippen molar-refractivity contribution in [3.05, 3.63) is 12.2 Å². The van der Waals surface area contributed by atoms with Crippen LogP contribution in [0.4, 0.5) is 0 Å². The first-order valence-corrected chi connectivity index (χ1v) is 7.81. The fraction of sp³-hybridized carbons (Fsp3) is 0.750. The molecule has 1 heterocycles. The molecule has 4 heteroatoms. The minimum atomic E-state index is -0.0890. The Morgan fingerprint density at radius 3 is 2.30 bits per heavy atom. The molecule has 20 heavy (non-hydrogen) atoms. The second-order valence-electron chi connectivity index (χ2n) is 6.45. The van der Waals surface area contributed by atoms with Crippen molar-refractivity contribution in [2.24, 2.45) is 29.6 Å². The molecule has 1 saturated carbocycles. The Labute approximate surface area is 119 Å². The van der Waals surface area contributed by atoms with Crippen molar-refractivity contribution < 1.29 is 14.7 Å². The van der Waals surface area contributed by atoms with Gasteiger partial charge < -0.3 is 5.11 Å². The van der Waals surface area contributed by atoms with Crippen LogP contribution in [0.15, 0.2) is 12.2 Å².